The molecule has 0 radical (unpaired) electrons. The minimum Gasteiger partial charge on any atom is -0.497 e. The summed E-state index contributed by atoms with van der Waals surface area (Å²) in [5.41, 5.74) is 5.05. The Bertz CT molecular complexity index is 1270. The fourth-order valence-corrected chi connectivity index (χ4v) is 4.36. The van der Waals surface area contributed by atoms with Crippen LogP contribution in [0.25, 0.3) is 22.6 Å². The van der Waals surface area contributed by atoms with Gasteiger partial charge in [0, 0.05) is 18.0 Å². The highest BCUT2D eigenvalue weighted by molar-refractivity contribution is 6.10. The number of likely N-dealkylation sites (N-methyl/N-ethyl adjacent to an activating group) is 1. The first kappa shape index (κ1) is 23.5. The monoisotopic (exact) mass is 457 g/mol. The molecule has 34 heavy (non-hydrogen) atoms. The highest BCUT2D eigenvalue weighted by atomic mass is 16.5. The molecule has 2 amide bonds. The third-order valence-corrected chi connectivity index (χ3v) is 5.85. The van der Waals surface area contributed by atoms with Crippen LogP contribution in [0.15, 0.2) is 48.5 Å². The molecule has 0 saturated carbocycles. The minimum absolute atomic E-state index is 0.00390. The number of pyridine rings is 1. The first-order valence-electron chi connectivity index (χ1n) is 11.5. The second kappa shape index (κ2) is 9.29. The van der Waals surface area contributed by atoms with Gasteiger partial charge in [-0.15, -0.1) is 0 Å². The van der Waals surface area contributed by atoms with E-state index >= 15 is 0 Å². The zero-order valence-electron chi connectivity index (χ0n) is 20.4. The van der Waals surface area contributed by atoms with Crippen LogP contribution in [0, 0.1) is 0 Å². The van der Waals surface area contributed by atoms with Crippen LogP contribution in [-0.4, -0.2) is 47.9 Å². The molecule has 0 fully saturated rings. The van der Waals surface area contributed by atoms with Crippen LogP contribution in [0.3, 0.4) is 0 Å². The van der Waals surface area contributed by atoms with Crippen molar-refractivity contribution < 1.29 is 14.3 Å². The standard InChI is InChI=1S/C28H31N3O3/c1-28(2,3)30-24(32)17-31(4)27(33)25-21-8-6-7-9-23(21)29-26-19(12-15-22(25)26)16-18-10-13-20(34-5)14-11-18/h6-11,13-14,16H,12,15,17H2,1-5H3,(H,30,32)/b19-16+. The maximum Gasteiger partial charge on any atom is 0.255 e. The first-order valence-corrected chi connectivity index (χ1v) is 11.5. The van der Waals surface area contributed by atoms with Crippen LogP contribution >= 0.6 is 0 Å². The summed E-state index contributed by atoms with van der Waals surface area (Å²) in [6.07, 6.45) is 3.67. The van der Waals surface area contributed by atoms with E-state index in [0.717, 1.165) is 51.9 Å². The molecule has 3 aromatic rings. The van der Waals surface area contributed by atoms with Gasteiger partial charge >= 0.3 is 0 Å². The number of carbonyl (C=O) groups excluding carboxylic acids is 2. The molecule has 6 heteroatoms. The lowest BCUT2D eigenvalue weighted by Gasteiger charge is -2.24. The molecule has 0 aliphatic heterocycles. The second-order valence-corrected chi connectivity index (χ2v) is 9.73. The van der Waals surface area contributed by atoms with Gasteiger partial charge in [0.25, 0.3) is 5.91 Å². The van der Waals surface area contributed by atoms with Crippen molar-refractivity contribution in [3.63, 3.8) is 0 Å². The number of methoxy groups -OCH3 is 1. The smallest absolute Gasteiger partial charge is 0.255 e. The van der Waals surface area contributed by atoms with Gasteiger partial charge in [-0.25, -0.2) is 4.98 Å². The zero-order chi connectivity index (χ0) is 24.5. The molecule has 2 aromatic carbocycles. The fourth-order valence-electron chi connectivity index (χ4n) is 4.36. The van der Waals surface area contributed by atoms with Crippen LogP contribution in [-0.2, 0) is 11.2 Å². The minimum atomic E-state index is -0.354. The average molecular weight is 458 g/mol. The average Bonchev–Trinajstić information content (AvgIpc) is 3.18. The lowest BCUT2D eigenvalue weighted by Crippen LogP contribution is -2.46. The van der Waals surface area contributed by atoms with Crippen molar-refractivity contribution in [1.82, 2.24) is 15.2 Å². The molecule has 0 atom stereocenters. The maximum absolute atomic E-state index is 13.6. The van der Waals surface area contributed by atoms with E-state index in [-0.39, 0.29) is 23.9 Å². The summed E-state index contributed by atoms with van der Waals surface area (Å²) in [6, 6.07) is 15.6. The predicted molar refractivity (Wildman–Crippen MR) is 136 cm³/mol. The van der Waals surface area contributed by atoms with Crippen LogP contribution in [0.2, 0.25) is 0 Å². The van der Waals surface area contributed by atoms with Gasteiger partial charge in [0.15, 0.2) is 0 Å². The van der Waals surface area contributed by atoms with E-state index in [1.807, 2.05) is 69.3 Å². The van der Waals surface area contributed by atoms with E-state index in [0.29, 0.717) is 5.56 Å². The number of hydrogen-bond acceptors (Lipinski definition) is 4. The number of ether oxygens (including phenoxy) is 1. The lowest BCUT2D eigenvalue weighted by atomic mass is 9.99. The molecule has 1 aliphatic carbocycles. The molecule has 1 N–H and O–H groups in total. The Labute approximate surface area is 200 Å². The van der Waals surface area contributed by atoms with Crippen molar-refractivity contribution in [3.05, 3.63) is 70.9 Å². The molecule has 0 bridgehead atoms. The van der Waals surface area contributed by atoms with E-state index in [4.69, 9.17) is 9.72 Å². The van der Waals surface area contributed by atoms with E-state index in [1.54, 1.807) is 14.2 Å². The van der Waals surface area contributed by atoms with E-state index in [2.05, 4.69) is 11.4 Å². The third kappa shape index (κ3) is 4.96. The summed E-state index contributed by atoms with van der Waals surface area (Å²) < 4.78 is 5.26. The number of carbonyl (C=O) groups is 2. The second-order valence-electron chi connectivity index (χ2n) is 9.73. The van der Waals surface area contributed by atoms with Gasteiger partial charge in [-0.3, -0.25) is 9.59 Å². The number of fused-ring (bicyclic) bond motifs is 2. The molecule has 4 rings (SSSR count). The van der Waals surface area contributed by atoms with Gasteiger partial charge in [-0.05, 0) is 74.6 Å². The normalized spacial score (nSPS) is 14.2. The number of aromatic nitrogens is 1. The maximum atomic E-state index is 13.6. The van der Waals surface area contributed by atoms with Crippen LogP contribution < -0.4 is 10.1 Å². The number of rotatable bonds is 5. The lowest BCUT2D eigenvalue weighted by molar-refractivity contribution is -0.122. The van der Waals surface area contributed by atoms with Gasteiger partial charge in [0.05, 0.1) is 30.4 Å². The van der Waals surface area contributed by atoms with Crippen molar-refractivity contribution >= 4 is 34.4 Å². The fraction of sp³-hybridized carbons (Fsp3) is 0.321. The topological polar surface area (TPSA) is 71.5 Å². The number of amides is 2. The molecule has 1 aromatic heterocycles. The number of allylic oxidation sites excluding steroid dienone is 1. The van der Waals surface area contributed by atoms with E-state index in [1.165, 1.54) is 4.90 Å². The van der Waals surface area contributed by atoms with Crippen molar-refractivity contribution in [2.24, 2.45) is 0 Å². The van der Waals surface area contributed by atoms with Crippen molar-refractivity contribution in [1.29, 1.82) is 0 Å². The van der Waals surface area contributed by atoms with Gasteiger partial charge in [-0.1, -0.05) is 30.3 Å². The molecular weight excluding hydrogens is 426 g/mol. The first-order chi connectivity index (χ1) is 16.2. The Morgan fingerprint density at radius 3 is 2.47 bits per heavy atom. The molecule has 0 unspecified atom stereocenters. The molecule has 176 valence electrons. The van der Waals surface area contributed by atoms with Crippen molar-refractivity contribution in [2.45, 2.75) is 39.2 Å². The largest absolute Gasteiger partial charge is 0.497 e. The van der Waals surface area contributed by atoms with Gasteiger partial charge in [-0.2, -0.15) is 0 Å². The summed E-state index contributed by atoms with van der Waals surface area (Å²) in [5, 5.41) is 3.74. The van der Waals surface area contributed by atoms with Crippen LogP contribution in [0.1, 0.15) is 54.4 Å². The molecule has 0 spiro atoms. The molecule has 1 aliphatic rings. The number of nitrogens with one attached hydrogen (secondary N) is 1. The van der Waals surface area contributed by atoms with E-state index in [9.17, 15) is 9.59 Å². The zero-order valence-corrected chi connectivity index (χ0v) is 20.4. The SMILES string of the molecule is COc1ccc(/C=C2\CCc3c2nc2ccccc2c3C(=O)N(C)CC(=O)NC(C)(C)C)cc1. The van der Waals surface area contributed by atoms with Crippen LogP contribution in [0.4, 0.5) is 0 Å². The summed E-state index contributed by atoms with van der Waals surface area (Å²) >= 11 is 0. The van der Waals surface area contributed by atoms with Gasteiger partial charge in [0.2, 0.25) is 5.91 Å². The Balaban J connectivity index is 1.72. The summed E-state index contributed by atoms with van der Waals surface area (Å²) in [6.45, 7) is 5.77. The van der Waals surface area contributed by atoms with Crippen LogP contribution in [0.5, 0.6) is 5.75 Å². The number of hydrogen-bond donors (Lipinski definition) is 1. The van der Waals surface area contributed by atoms with Crippen molar-refractivity contribution in [2.75, 3.05) is 20.7 Å². The number of para-hydroxylation sites is 1. The summed E-state index contributed by atoms with van der Waals surface area (Å²) in [5.74, 6) is 0.465. The quantitative estimate of drug-likeness (QED) is 0.602. The Hall–Kier alpha value is -3.67. The number of benzene rings is 2. The third-order valence-electron chi connectivity index (χ3n) is 5.85. The summed E-state index contributed by atoms with van der Waals surface area (Å²) in [4.78, 5) is 32.5. The predicted octanol–water partition coefficient (Wildman–Crippen LogP) is 4.72. The van der Waals surface area contributed by atoms with Crippen molar-refractivity contribution in [3.8, 4) is 5.75 Å². The molecule has 1 heterocycles. The number of nitrogens with zero attached hydrogens (tertiary/aromatic N) is 2. The molecule has 0 saturated heterocycles. The van der Waals surface area contributed by atoms with Gasteiger partial charge < -0.3 is 15.0 Å². The Morgan fingerprint density at radius 2 is 1.79 bits per heavy atom. The highest BCUT2D eigenvalue weighted by Gasteiger charge is 2.29. The Morgan fingerprint density at radius 1 is 1.09 bits per heavy atom. The highest BCUT2D eigenvalue weighted by Crippen LogP contribution is 2.38. The summed E-state index contributed by atoms with van der Waals surface area (Å²) in [7, 11) is 3.33. The van der Waals surface area contributed by atoms with E-state index < -0.39 is 0 Å². The molecule has 6 nitrogen and oxygen atoms in total. The molecular formula is C28H31N3O3. The Kier molecular flexibility index (Phi) is 6.42. The van der Waals surface area contributed by atoms with Gasteiger partial charge in [0.1, 0.15) is 5.75 Å².